The lowest BCUT2D eigenvalue weighted by molar-refractivity contribution is 0.688. The fraction of sp³-hybridized carbons (Fsp3) is 0.125. The van der Waals surface area contributed by atoms with E-state index in [4.69, 9.17) is 0 Å². The van der Waals surface area contributed by atoms with Crippen molar-refractivity contribution in [2.24, 2.45) is 0 Å². The number of allylic oxidation sites excluding steroid dienone is 1. The highest BCUT2D eigenvalue weighted by molar-refractivity contribution is 7.88. The number of aryl methyl sites for hydroxylation is 1. The Morgan fingerprint density at radius 2 is 1.50 bits per heavy atom. The zero-order valence-electron chi connectivity index (χ0n) is 10.2. The van der Waals surface area contributed by atoms with Gasteiger partial charge in [0.2, 0.25) is 0 Å². The van der Waals surface area contributed by atoms with Crippen molar-refractivity contribution in [1.29, 1.82) is 0 Å². The van der Waals surface area contributed by atoms with Gasteiger partial charge in [0.25, 0.3) is 0 Å². The van der Waals surface area contributed by atoms with E-state index in [0.717, 1.165) is 17.7 Å². The highest BCUT2D eigenvalue weighted by Crippen LogP contribution is 2.08. The van der Waals surface area contributed by atoms with Crippen molar-refractivity contribution in [3.8, 4) is 0 Å². The average Bonchev–Trinajstić information content (AvgIpc) is 2.45. The van der Waals surface area contributed by atoms with E-state index in [1.165, 1.54) is 5.56 Å². The molecule has 2 aromatic carbocycles. The third-order valence-electron chi connectivity index (χ3n) is 2.64. The Morgan fingerprint density at radius 3 is 2.17 bits per heavy atom. The van der Waals surface area contributed by atoms with Gasteiger partial charge in [-0.3, -0.25) is 0 Å². The Hall–Kier alpha value is -1.67. The van der Waals surface area contributed by atoms with Crippen LogP contribution in [0, 0.1) is 0 Å². The second kappa shape index (κ2) is 6.92. The quantitative estimate of drug-likeness (QED) is 0.792. The predicted octanol–water partition coefficient (Wildman–Crippen LogP) is 3.94. The van der Waals surface area contributed by atoms with Crippen LogP contribution in [0.15, 0.2) is 77.0 Å². The molecular weight excluding hydrogens is 240 g/mol. The maximum Gasteiger partial charge on any atom is 0.0772 e. The number of hydrogen-bond donors (Lipinski definition) is 0. The van der Waals surface area contributed by atoms with Gasteiger partial charge in [-0.05, 0) is 30.5 Å². The van der Waals surface area contributed by atoms with Gasteiger partial charge in [0.1, 0.15) is 0 Å². The fourth-order valence-corrected chi connectivity index (χ4v) is 2.58. The van der Waals surface area contributed by atoms with Gasteiger partial charge in [-0.25, -0.2) is 4.21 Å². The smallest absolute Gasteiger partial charge is 0.0772 e. The molecule has 0 radical (unpaired) electrons. The van der Waals surface area contributed by atoms with E-state index in [-0.39, 0.29) is 0 Å². The summed E-state index contributed by atoms with van der Waals surface area (Å²) in [7, 11) is -1.02. The van der Waals surface area contributed by atoms with Crippen LogP contribution in [0.4, 0.5) is 0 Å². The maximum atomic E-state index is 11.9. The van der Waals surface area contributed by atoms with Crippen LogP contribution in [-0.2, 0) is 17.2 Å². The first-order valence-corrected chi connectivity index (χ1v) is 7.24. The molecule has 2 rings (SSSR count). The van der Waals surface area contributed by atoms with Gasteiger partial charge in [-0.15, -0.1) is 0 Å². The average molecular weight is 256 g/mol. The minimum absolute atomic E-state index is 0.855. The molecule has 0 aliphatic rings. The van der Waals surface area contributed by atoms with Gasteiger partial charge in [0.15, 0.2) is 0 Å². The van der Waals surface area contributed by atoms with Crippen molar-refractivity contribution in [1.82, 2.24) is 0 Å². The lowest BCUT2D eigenvalue weighted by Gasteiger charge is -1.97. The van der Waals surface area contributed by atoms with Gasteiger partial charge in [-0.2, -0.15) is 0 Å². The SMILES string of the molecule is O=S(/C=C/CCc1ccccc1)c1ccccc1. The summed E-state index contributed by atoms with van der Waals surface area (Å²) in [5, 5.41) is 1.78. The Balaban J connectivity index is 1.84. The minimum atomic E-state index is -1.02. The van der Waals surface area contributed by atoms with Crippen molar-refractivity contribution in [3.05, 3.63) is 77.7 Å². The van der Waals surface area contributed by atoms with Crippen LogP contribution in [0.3, 0.4) is 0 Å². The molecule has 0 heterocycles. The van der Waals surface area contributed by atoms with Crippen LogP contribution in [0.5, 0.6) is 0 Å². The maximum absolute atomic E-state index is 11.9. The first-order chi connectivity index (χ1) is 8.86. The molecule has 0 aliphatic heterocycles. The first kappa shape index (κ1) is 12.8. The minimum Gasteiger partial charge on any atom is -0.250 e. The van der Waals surface area contributed by atoms with E-state index in [1.807, 2.05) is 54.6 Å². The molecule has 18 heavy (non-hydrogen) atoms. The molecule has 0 bridgehead atoms. The largest absolute Gasteiger partial charge is 0.250 e. The molecule has 1 nitrogen and oxygen atoms in total. The standard InChI is InChI=1S/C16H16OS/c17-18(16-12-5-2-6-13-16)14-8-7-11-15-9-3-1-4-10-15/h1-6,8-10,12-14H,7,11H2/b14-8+. The molecule has 0 N–H and O–H groups in total. The van der Waals surface area contributed by atoms with E-state index in [2.05, 4.69) is 12.1 Å². The van der Waals surface area contributed by atoms with Gasteiger partial charge in [0, 0.05) is 10.3 Å². The van der Waals surface area contributed by atoms with Gasteiger partial charge in [-0.1, -0.05) is 54.6 Å². The zero-order valence-corrected chi connectivity index (χ0v) is 11.0. The summed E-state index contributed by atoms with van der Waals surface area (Å²) in [5.74, 6) is 0. The Kier molecular flexibility index (Phi) is 4.91. The van der Waals surface area contributed by atoms with Crippen LogP contribution < -0.4 is 0 Å². The molecule has 1 atom stereocenters. The molecule has 0 amide bonds. The molecule has 0 saturated heterocycles. The Labute approximate surface area is 111 Å². The van der Waals surface area contributed by atoms with Crippen molar-refractivity contribution in [3.63, 3.8) is 0 Å². The molecule has 1 unspecified atom stereocenters. The summed E-state index contributed by atoms with van der Waals surface area (Å²) in [6.45, 7) is 0. The lowest BCUT2D eigenvalue weighted by atomic mass is 10.1. The molecule has 0 aliphatic carbocycles. The number of rotatable bonds is 5. The van der Waals surface area contributed by atoms with Crippen molar-refractivity contribution in [2.75, 3.05) is 0 Å². The van der Waals surface area contributed by atoms with Crippen LogP contribution in [0.1, 0.15) is 12.0 Å². The molecule has 2 heteroatoms. The highest BCUT2D eigenvalue weighted by atomic mass is 32.2. The van der Waals surface area contributed by atoms with Crippen LogP contribution >= 0.6 is 0 Å². The molecule has 0 aromatic heterocycles. The second-order valence-corrected chi connectivity index (χ2v) is 5.34. The fourth-order valence-electron chi connectivity index (χ4n) is 1.68. The predicted molar refractivity (Wildman–Crippen MR) is 76.8 cm³/mol. The van der Waals surface area contributed by atoms with Crippen molar-refractivity contribution >= 4 is 10.8 Å². The first-order valence-electron chi connectivity index (χ1n) is 6.02. The Bertz CT molecular complexity index is 517. The topological polar surface area (TPSA) is 17.1 Å². The van der Waals surface area contributed by atoms with Gasteiger partial charge >= 0.3 is 0 Å². The highest BCUT2D eigenvalue weighted by Gasteiger charge is 1.96. The van der Waals surface area contributed by atoms with Crippen LogP contribution in [-0.4, -0.2) is 4.21 Å². The molecule has 92 valence electrons. The summed E-state index contributed by atoms with van der Waals surface area (Å²) in [6.07, 6.45) is 3.90. The summed E-state index contributed by atoms with van der Waals surface area (Å²) < 4.78 is 11.9. The number of benzene rings is 2. The number of hydrogen-bond acceptors (Lipinski definition) is 1. The van der Waals surface area contributed by atoms with Crippen LogP contribution in [0.25, 0.3) is 0 Å². The van der Waals surface area contributed by atoms with Gasteiger partial charge in [0.05, 0.1) is 10.8 Å². The monoisotopic (exact) mass is 256 g/mol. The summed E-state index contributed by atoms with van der Waals surface area (Å²) in [6, 6.07) is 19.8. The lowest BCUT2D eigenvalue weighted by Crippen LogP contribution is -1.86. The normalized spacial score (nSPS) is 12.7. The van der Waals surface area contributed by atoms with E-state index in [9.17, 15) is 4.21 Å². The van der Waals surface area contributed by atoms with Gasteiger partial charge < -0.3 is 0 Å². The van der Waals surface area contributed by atoms with E-state index >= 15 is 0 Å². The third-order valence-corrected chi connectivity index (χ3v) is 3.81. The molecule has 0 fully saturated rings. The molecule has 0 saturated carbocycles. The summed E-state index contributed by atoms with van der Waals surface area (Å²) in [5.41, 5.74) is 1.31. The third kappa shape index (κ3) is 3.97. The van der Waals surface area contributed by atoms with Crippen molar-refractivity contribution in [2.45, 2.75) is 17.7 Å². The van der Waals surface area contributed by atoms with E-state index < -0.39 is 10.8 Å². The summed E-state index contributed by atoms with van der Waals surface area (Å²) in [4.78, 5) is 0.855. The molecule has 2 aromatic rings. The second-order valence-electron chi connectivity index (χ2n) is 4.01. The van der Waals surface area contributed by atoms with Crippen LogP contribution in [0.2, 0.25) is 0 Å². The van der Waals surface area contributed by atoms with E-state index in [1.54, 1.807) is 5.41 Å². The molecular formula is C16H16OS. The zero-order chi connectivity index (χ0) is 12.6. The van der Waals surface area contributed by atoms with Crippen molar-refractivity contribution < 1.29 is 4.21 Å². The van der Waals surface area contributed by atoms with E-state index in [0.29, 0.717) is 0 Å². The Morgan fingerprint density at radius 1 is 0.889 bits per heavy atom. The summed E-state index contributed by atoms with van der Waals surface area (Å²) >= 11 is 0. The molecule has 0 spiro atoms.